The van der Waals surface area contributed by atoms with Gasteiger partial charge in [0, 0.05) is 31.2 Å². The molecule has 0 fully saturated rings. The van der Waals surface area contributed by atoms with Gasteiger partial charge in [0.25, 0.3) is 0 Å². The van der Waals surface area contributed by atoms with Crippen LogP contribution in [0.2, 0.25) is 0 Å². The largest absolute Gasteiger partial charge is 0.353 e. The summed E-state index contributed by atoms with van der Waals surface area (Å²) in [7, 11) is 0. The van der Waals surface area contributed by atoms with E-state index in [1.807, 2.05) is 13.8 Å². The molecule has 0 aromatic heterocycles. The van der Waals surface area contributed by atoms with Crippen molar-refractivity contribution in [1.82, 2.24) is 15.5 Å². The van der Waals surface area contributed by atoms with Crippen LogP contribution in [0.5, 0.6) is 0 Å². The summed E-state index contributed by atoms with van der Waals surface area (Å²) in [5.74, 6) is 0.0700. The minimum atomic E-state index is 0.0700. The maximum Gasteiger partial charge on any atom is 0.234 e. The minimum absolute atomic E-state index is 0.0700. The van der Waals surface area contributed by atoms with Crippen molar-refractivity contribution >= 4 is 5.91 Å². The molecule has 1 amide bonds. The van der Waals surface area contributed by atoms with Gasteiger partial charge in [-0.05, 0) is 41.5 Å². The Hall–Kier alpha value is -0.610. The number of hydrogen-bond acceptors (Lipinski definition) is 3. The van der Waals surface area contributed by atoms with E-state index < -0.39 is 0 Å². The van der Waals surface area contributed by atoms with Gasteiger partial charge in [-0.15, -0.1) is 0 Å². The van der Waals surface area contributed by atoms with Gasteiger partial charge in [-0.1, -0.05) is 0 Å². The van der Waals surface area contributed by atoms with Crippen molar-refractivity contribution in [2.24, 2.45) is 0 Å². The number of nitrogens with one attached hydrogen (secondary N) is 2. The SMILES string of the molecule is CC(C)NC(=O)CNCCN(C(C)C)C(C)C. The Balaban J connectivity index is 3.72. The van der Waals surface area contributed by atoms with E-state index in [-0.39, 0.29) is 11.9 Å². The predicted octanol–water partition coefficient (Wildman–Crippen LogP) is 1.22. The second-order valence-corrected chi connectivity index (χ2v) is 5.32. The van der Waals surface area contributed by atoms with Gasteiger partial charge >= 0.3 is 0 Å². The molecular formula is C13H29N3O. The second-order valence-electron chi connectivity index (χ2n) is 5.32. The van der Waals surface area contributed by atoms with Gasteiger partial charge in [-0.25, -0.2) is 0 Å². The van der Waals surface area contributed by atoms with E-state index >= 15 is 0 Å². The third-order valence-corrected chi connectivity index (χ3v) is 2.61. The molecule has 0 atom stereocenters. The lowest BCUT2D eigenvalue weighted by Crippen LogP contribution is -2.44. The van der Waals surface area contributed by atoms with Crippen LogP contribution in [-0.2, 0) is 4.79 Å². The van der Waals surface area contributed by atoms with Crippen molar-refractivity contribution in [1.29, 1.82) is 0 Å². The summed E-state index contributed by atoms with van der Waals surface area (Å²) in [6.45, 7) is 15.0. The summed E-state index contributed by atoms with van der Waals surface area (Å²) in [4.78, 5) is 13.8. The van der Waals surface area contributed by atoms with Crippen LogP contribution in [0.25, 0.3) is 0 Å². The summed E-state index contributed by atoms with van der Waals surface area (Å²) in [6, 6.07) is 1.30. The Labute approximate surface area is 106 Å². The molecule has 0 aromatic rings. The molecule has 4 heteroatoms. The van der Waals surface area contributed by atoms with Crippen LogP contribution >= 0.6 is 0 Å². The molecule has 0 radical (unpaired) electrons. The normalized spacial score (nSPS) is 11.9. The number of amides is 1. The van der Waals surface area contributed by atoms with Gasteiger partial charge in [-0.2, -0.15) is 0 Å². The molecule has 0 saturated carbocycles. The van der Waals surface area contributed by atoms with E-state index in [9.17, 15) is 4.79 Å². The first-order chi connectivity index (χ1) is 7.84. The van der Waals surface area contributed by atoms with Gasteiger partial charge in [0.2, 0.25) is 5.91 Å². The molecular weight excluding hydrogens is 214 g/mol. The summed E-state index contributed by atoms with van der Waals surface area (Å²) >= 11 is 0. The Kier molecular flexibility index (Phi) is 8.17. The molecule has 0 bridgehead atoms. The number of rotatable bonds is 8. The Morgan fingerprint density at radius 3 is 2.00 bits per heavy atom. The smallest absolute Gasteiger partial charge is 0.234 e. The Morgan fingerprint density at radius 2 is 1.59 bits per heavy atom. The van der Waals surface area contributed by atoms with Crippen molar-refractivity contribution in [3.63, 3.8) is 0 Å². The Bertz CT molecular complexity index is 207. The van der Waals surface area contributed by atoms with Crippen LogP contribution in [0.3, 0.4) is 0 Å². The molecule has 0 unspecified atom stereocenters. The van der Waals surface area contributed by atoms with Gasteiger partial charge < -0.3 is 10.6 Å². The van der Waals surface area contributed by atoms with E-state index in [0.29, 0.717) is 18.6 Å². The number of hydrogen-bond donors (Lipinski definition) is 2. The maximum atomic E-state index is 11.4. The molecule has 17 heavy (non-hydrogen) atoms. The zero-order valence-corrected chi connectivity index (χ0v) is 12.2. The fourth-order valence-corrected chi connectivity index (χ4v) is 1.90. The molecule has 0 saturated heterocycles. The second kappa shape index (κ2) is 8.48. The molecule has 0 aliphatic rings. The lowest BCUT2D eigenvalue weighted by atomic mass is 10.2. The summed E-state index contributed by atoms with van der Waals surface area (Å²) in [5.41, 5.74) is 0. The van der Waals surface area contributed by atoms with E-state index in [1.165, 1.54) is 0 Å². The summed E-state index contributed by atoms with van der Waals surface area (Å²) in [5, 5.41) is 6.04. The third-order valence-electron chi connectivity index (χ3n) is 2.61. The molecule has 0 spiro atoms. The number of carbonyl (C=O) groups excluding carboxylic acids is 1. The molecule has 4 nitrogen and oxygen atoms in total. The lowest BCUT2D eigenvalue weighted by Gasteiger charge is -2.30. The molecule has 2 N–H and O–H groups in total. The fourth-order valence-electron chi connectivity index (χ4n) is 1.90. The quantitative estimate of drug-likeness (QED) is 0.630. The number of carbonyl (C=O) groups is 1. The van der Waals surface area contributed by atoms with Crippen LogP contribution in [-0.4, -0.2) is 48.6 Å². The van der Waals surface area contributed by atoms with Crippen molar-refractivity contribution in [3.05, 3.63) is 0 Å². The zero-order chi connectivity index (χ0) is 13.4. The van der Waals surface area contributed by atoms with Gasteiger partial charge in [0.1, 0.15) is 0 Å². The standard InChI is InChI=1S/C13H29N3O/c1-10(2)15-13(17)9-14-7-8-16(11(3)4)12(5)6/h10-12,14H,7-9H2,1-6H3,(H,15,17). The Morgan fingerprint density at radius 1 is 1.06 bits per heavy atom. The third kappa shape index (κ3) is 8.16. The van der Waals surface area contributed by atoms with Crippen molar-refractivity contribution in [2.45, 2.75) is 59.7 Å². The maximum absolute atomic E-state index is 11.4. The predicted molar refractivity (Wildman–Crippen MR) is 73.1 cm³/mol. The molecule has 0 aliphatic carbocycles. The van der Waals surface area contributed by atoms with E-state index in [4.69, 9.17) is 0 Å². The first-order valence-corrected chi connectivity index (χ1v) is 6.60. The first-order valence-electron chi connectivity index (χ1n) is 6.60. The molecule has 0 heterocycles. The first kappa shape index (κ1) is 16.4. The topological polar surface area (TPSA) is 44.4 Å². The molecule has 0 aliphatic heterocycles. The highest BCUT2D eigenvalue weighted by atomic mass is 16.1. The van der Waals surface area contributed by atoms with Crippen LogP contribution < -0.4 is 10.6 Å². The molecule has 0 rings (SSSR count). The van der Waals surface area contributed by atoms with Crippen molar-refractivity contribution < 1.29 is 4.79 Å². The zero-order valence-electron chi connectivity index (χ0n) is 12.2. The monoisotopic (exact) mass is 243 g/mol. The highest BCUT2D eigenvalue weighted by molar-refractivity contribution is 5.78. The average Bonchev–Trinajstić information content (AvgIpc) is 2.14. The van der Waals surface area contributed by atoms with Crippen LogP contribution in [0.4, 0.5) is 0 Å². The highest BCUT2D eigenvalue weighted by Gasteiger charge is 2.12. The van der Waals surface area contributed by atoms with Gasteiger partial charge in [0.05, 0.1) is 6.54 Å². The summed E-state index contributed by atoms with van der Waals surface area (Å²) in [6.07, 6.45) is 0. The minimum Gasteiger partial charge on any atom is -0.353 e. The number of nitrogens with zero attached hydrogens (tertiary/aromatic N) is 1. The van der Waals surface area contributed by atoms with Crippen molar-refractivity contribution in [3.8, 4) is 0 Å². The fraction of sp³-hybridized carbons (Fsp3) is 0.923. The molecule has 0 aromatic carbocycles. The van der Waals surface area contributed by atoms with Crippen LogP contribution in [0, 0.1) is 0 Å². The van der Waals surface area contributed by atoms with E-state index in [0.717, 1.165) is 13.1 Å². The summed E-state index contributed by atoms with van der Waals surface area (Å²) < 4.78 is 0. The lowest BCUT2D eigenvalue weighted by molar-refractivity contribution is -0.120. The van der Waals surface area contributed by atoms with Crippen LogP contribution in [0.1, 0.15) is 41.5 Å². The van der Waals surface area contributed by atoms with Gasteiger partial charge in [0.15, 0.2) is 0 Å². The van der Waals surface area contributed by atoms with E-state index in [1.54, 1.807) is 0 Å². The van der Waals surface area contributed by atoms with Crippen molar-refractivity contribution in [2.75, 3.05) is 19.6 Å². The van der Waals surface area contributed by atoms with Crippen LogP contribution in [0.15, 0.2) is 0 Å². The molecule has 102 valence electrons. The highest BCUT2D eigenvalue weighted by Crippen LogP contribution is 2.02. The van der Waals surface area contributed by atoms with Gasteiger partial charge in [-0.3, -0.25) is 9.69 Å². The average molecular weight is 243 g/mol. The van der Waals surface area contributed by atoms with E-state index in [2.05, 4.69) is 43.2 Å².